The van der Waals surface area contributed by atoms with Crippen molar-refractivity contribution in [3.05, 3.63) is 44.2 Å². The van der Waals surface area contributed by atoms with Crippen LogP contribution in [0.1, 0.15) is 27.6 Å². The second kappa shape index (κ2) is 8.69. The molecule has 144 valence electrons. The van der Waals surface area contributed by atoms with Crippen molar-refractivity contribution < 1.29 is 29.3 Å². The molecule has 0 radical (unpaired) electrons. The normalized spacial score (nSPS) is 10.6. The van der Waals surface area contributed by atoms with E-state index < -0.39 is 34.4 Å². The summed E-state index contributed by atoms with van der Waals surface area (Å²) >= 11 is 3.25. The van der Waals surface area contributed by atoms with E-state index in [0.717, 1.165) is 0 Å². The average Bonchev–Trinajstić information content (AvgIpc) is 2.58. The maximum absolute atomic E-state index is 12.2. The van der Waals surface area contributed by atoms with Gasteiger partial charge >= 0.3 is 11.9 Å². The van der Waals surface area contributed by atoms with Gasteiger partial charge in [0.2, 0.25) is 0 Å². The van der Waals surface area contributed by atoms with Crippen LogP contribution in [0.2, 0.25) is 0 Å². The first kappa shape index (κ1) is 20.5. The molecule has 2 rings (SSSR count). The average molecular weight is 441 g/mol. The molecule has 1 aromatic heterocycles. The maximum atomic E-state index is 12.2. The van der Waals surface area contributed by atoms with Gasteiger partial charge in [0.1, 0.15) is 29.3 Å². The van der Waals surface area contributed by atoms with Gasteiger partial charge in [0.15, 0.2) is 0 Å². The second-order valence-electron chi connectivity index (χ2n) is 5.29. The quantitative estimate of drug-likeness (QED) is 0.455. The van der Waals surface area contributed by atoms with E-state index in [-0.39, 0.29) is 30.1 Å². The lowest BCUT2D eigenvalue weighted by Gasteiger charge is -2.16. The first-order chi connectivity index (χ1) is 12.8. The van der Waals surface area contributed by atoms with Crippen molar-refractivity contribution in [2.24, 2.45) is 0 Å². The van der Waals surface area contributed by atoms with E-state index in [2.05, 4.69) is 20.9 Å². The number of hydrogen-bond acceptors (Lipinski definition) is 6. The molecule has 10 heteroatoms. The number of aromatic carboxylic acids is 2. The Morgan fingerprint density at radius 2 is 1.85 bits per heavy atom. The third kappa shape index (κ3) is 4.47. The summed E-state index contributed by atoms with van der Waals surface area (Å²) < 4.78 is 11.3. The Hall–Kier alpha value is -2.85. The highest BCUT2D eigenvalue weighted by atomic mass is 79.9. The molecule has 5 N–H and O–H groups in total. The Morgan fingerprint density at radius 3 is 2.44 bits per heavy atom. The van der Waals surface area contributed by atoms with E-state index in [0.29, 0.717) is 11.1 Å². The number of H-pyrrole nitrogens is 1. The van der Waals surface area contributed by atoms with Crippen LogP contribution in [0.15, 0.2) is 27.5 Å². The summed E-state index contributed by atoms with van der Waals surface area (Å²) in [6.45, 7) is 2.74. The molecule has 0 amide bonds. The summed E-state index contributed by atoms with van der Waals surface area (Å²) in [4.78, 5) is 37.6. The number of rotatable bonds is 8. The lowest BCUT2D eigenvalue weighted by molar-refractivity contribution is 0.0695. The molecule has 0 saturated carbocycles. The fourth-order valence-corrected chi connectivity index (χ4v) is 2.86. The van der Waals surface area contributed by atoms with Crippen molar-refractivity contribution in [3.8, 4) is 16.9 Å². The minimum atomic E-state index is -1.59. The number of nitrogen functional groups attached to an aromatic ring is 1. The molecule has 0 atom stereocenters. The molecule has 0 spiro atoms. The van der Waals surface area contributed by atoms with Gasteiger partial charge in [-0.05, 0) is 25.1 Å². The van der Waals surface area contributed by atoms with E-state index in [1.807, 2.05) is 6.92 Å². The summed E-state index contributed by atoms with van der Waals surface area (Å²) in [5.41, 5.74) is 3.15. The van der Waals surface area contributed by atoms with Gasteiger partial charge in [0.25, 0.3) is 5.56 Å². The van der Waals surface area contributed by atoms with Crippen LogP contribution in [0, 0.1) is 0 Å². The Morgan fingerprint density at radius 1 is 1.19 bits per heavy atom. The molecule has 0 aliphatic heterocycles. The fourth-order valence-electron chi connectivity index (χ4n) is 2.49. The molecule has 1 aromatic carbocycles. The van der Waals surface area contributed by atoms with E-state index in [1.165, 1.54) is 12.1 Å². The van der Waals surface area contributed by atoms with E-state index in [9.17, 15) is 24.6 Å². The Kier molecular flexibility index (Phi) is 6.59. The number of pyridine rings is 1. The van der Waals surface area contributed by atoms with Crippen LogP contribution in [-0.4, -0.2) is 47.0 Å². The number of carbonyl (C=O) groups is 2. The van der Waals surface area contributed by atoms with Crippen molar-refractivity contribution in [2.45, 2.75) is 6.92 Å². The highest BCUT2D eigenvalue weighted by Gasteiger charge is 2.28. The van der Waals surface area contributed by atoms with Crippen LogP contribution in [0.3, 0.4) is 0 Å². The van der Waals surface area contributed by atoms with Gasteiger partial charge in [-0.2, -0.15) is 0 Å². The largest absolute Gasteiger partial charge is 0.491 e. The Labute approximate surface area is 161 Å². The number of nitrogens with two attached hydrogens (primary N) is 1. The topological polar surface area (TPSA) is 152 Å². The summed E-state index contributed by atoms with van der Waals surface area (Å²) in [5.74, 6) is -3.34. The predicted molar refractivity (Wildman–Crippen MR) is 101 cm³/mol. The smallest absolute Gasteiger partial charge is 0.342 e. The zero-order valence-electron chi connectivity index (χ0n) is 14.2. The van der Waals surface area contributed by atoms with Gasteiger partial charge in [-0.3, -0.25) is 4.79 Å². The molecule has 1 heterocycles. The van der Waals surface area contributed by atoms with Crippen LogP contribution < -0.4 is 16.0 Å². The van der Waals surface area contributed by atoms with Crippen LogP contribution in [-0.2, 0) is 4.74 Å². The number of aromatic nitrogens is 1. The molecule has 27 heavy (non-hydrogen) atoms. The lowest BCUT2D eigenvalue weighted by atomic mass is 9.94. The van der Waals surface area contributed by atoms with Gasteiger partial charge in [-0.15, -0.1) is 0 Å². The highest BCUT2D eigenvalue weighted by Crippen LogP contribution is 2.37. The van der Waals surface area contributed by atoms with E-state index >= 15 is 0 Å². The highest BCUT2D eigenvalue weighted by molar-refractivity contribution is 9.10. The minimum absolute atomic E-state index is 0.105. The van der Waals surface area contributed by atoms with Crippen LogP contribution in [0.5, 0.6) is 5.75 Å². The fraction of sp³-hybridized carbons (Fsp3) is 0.235. The number of anilines is 1. The van der Waals surface area contributed by atoms with Crippen LogP contribution >= 0.6 is 15.9 Å². The van der Waals surface area contributed by atoms with Crippen molar-refractivity contribution in [3.63, 3.8) is 0 Å². The van der Waals surface area contributed by atoms with Crippen molar-refractivity contribution in [1.82, 2.24) is 4.98 Å². The van der Waals surface area contributed by atoms with Crippen molar-refractivity contribution in [1.29, 1.82) is 0 Å². The van der Waals surface area contributed by atoms with Gasteiger partial charge in [0, 0.05) is 22.2 Å². The molecular weight excluding hydrogens is 424 g/mol. The van der Waals surface area contributed by atoms with Crippen molar-refractivity contribution >= 4 is 33.7 Å². The van der Waals surface area contributed by atoms with Crippen LogP contribution in [0.4, 0.5) is 5.82 Å². The maximum Gasteiger partial charge on any atom is 0.342 e. The van der Waals surface area contributed by atoms with Gasteiger partial charge in [0.05, 0.1) is 6.61 Å². The molecule has 0 bridgehead atoms. The number of halogens is 1. The first-order valence-corrected chi connectivity index (χ1v) is 8.60. The lowest BCUT2D eigenvalue weighted by Crippen LogP contribution is -2.24. The molecule has 2 aromatic rings. The summed E-state index contributed by atoms with van der Waals surface area (Å²) in [7, 11) is 0. The SMILES string of the molecule is CCOCCOc1ccc(Br)cc1-c1c(C(=O)O)c(N)[nH]c(=O)c1C(=O)O. The van der Waals surface area contributed by atoms with Crippen LogP contribution in [0.25, 0.3) is 11.1 Å². The number of benzene rings is 1. The summed E-state index contributed by atoms with van der Waals surface area (Å²) in [6.07, 6.45) is 0. The Balaban J connectivity index is 2.76. The molecule has 0 unspecified atom stereocenters. The third-order valence-electron chi connectivity index (χ3n) is 3.57. The van der Waals surface area contributed by atoms with Gasteiger partial charge < -0.3 is 30.4 Å². The molecule has 0 aliphatic rings. The third-order valence-corrected chi connectivity index (χ3v) is 4.07. The minimum Gasteiger partial charge on any atom is -0.491 e. The number of aromatic amines is 1. The molecule has 0 fully saturated rings. The van der Waals surface area contributed by atoms with Gasteiger partial charge in [-0.1, -0.05) is 15.9 Å². The number of carboxylic acids is 2. The molecule has 0 saturated heterocycles. The Bertz CT molecular complexity index is 940. The molecule has 0 aliphatic carbocycles. The predicted octanol–water partition coefficient (Wildman–Crippen LogP) is 2.20. The standard InChI is InChI=1S/C17H17BrN2O7/c1-2-26-5-6-27-10-4-3-8(18)7-9(10)11-12(16(22)23)14(19)20-15(21)13(11)17(24)25/h3-4,7H,2,5-6H2,1H3,(H,22,23)(H,24,25)(H3,19,20,21). The molecular formula is C17H17BrN2O7. The molecule has 9 nitrogen and oxygen atoms in total. The zero-order valence-corrected chi connectivity index (χ0v) is 15.8. The summed E-state index contributed by atoms with van der Waals surface area (Å²) in [5, 5.41) is 19.0. The number of hydrogen-bond donors (Lipinski definition) is 4. The monoisotopic (exact) mass is 440 g/mol. The zero-order chi connectivity index (χ0) is 20.1. The van der Waals surface area contributed by atoms with Crippen molar-refractivity contribution in [2.75, 3.05) is 25.6 Å². The number of carboxylic acid groups (broad SMARTS) is 2. The first-order valence-electron chi connectivity index (χ1n) is 7.80. The summed E-state index contributed by atoms with van der Waals surface area (Å²) in [6, 6.07) is 4.63. The number of nitrogens with one attached hydrogen (secondary N) is 1. The van der Waals surface area contributed by atoms with E-state index in [4.69, 9.17) is 15.2 Å². The van der Waals surface area contributed by atoms with Gasteiger partial charge in [-0.25, -0.2) is 9.59 Å². The number of ether oxygens (including phenoxy) is 2. The van der Waals surface area contributed by atoms with E-state index in [1.54, 1.807) is 6.07 Å². The second-order valence-corrected chi connectivity index (χ2v) is 6.20.